The van der Waals surface area contributed by atoms with Gasteiger partial charge in [-0.3, -0.25) is 9.52 Å². The van der Waals surface area contributed by atoms with Gasteiger partial charge in [0.2, 0.25) is 10.0 Å². The Kier molecular flexibility index (Phi) is 4.82. The Labute approximate surface area is 167 Å². The van der Waals surface area contributed by atoms with Gasteiger partial charge < -0.3 is 9.72 Å². The number of fused-ring (bicyclic) bond motifs is 1. The predicted octanol–water partition coefficient (Wildman–Crippen LogP) is 4.36. The molecule has 0 saturated carbocycles. The monoisotopic (exact) mass is 406 g/mol. The molecule has 0 radical (unpaired) electrons. The van der Waals surface area contributed by atoms with E-state index in [4.69, 9.17) is 4.74 Å². The minimum atomic E-state index is -3.36. The van der Waals surface area contributed by atoms with Crippen molar-refractivity contribution >= 4 is 26.6 Å². The molecule has 1 aromatic heterocycles. The van der Waals surface area contributed by atoms with Gasteiger partial charge in [0.25, 0.3) is 5.56 Å². The van der Waals surface area contributed by atoms with Gasteiger partial charge in [-0.25, -0.2) is 8.42 Å². The van der Waals surface area contributed by atoms with Crippen molar-refractivity contribution in [1.29, 1.82) is 0 Å². The van der Waals surface area contributed by atoms with Gasteiger partial charge in [-0.2, -0.15) is 0 Å². The molecular weight excluding hydrogens is 388 g/mol. The third kappa shape index (κ3) is 4.47. The predicted molar refractivity (Wildman–Crippen MR) is 115 cm³/mol. The van der Waals surface area contributed by atoms with Crippen molar-refractivity contribution in [2.75, 3.05) is 11.0 Å². The largest absolute Gasteiger partial charge is 0.456 e. The summed E-state index contributed by atoms with van der Waals surface area (Å²) >= 11 is 0. The maximum absolute atomic E-state index is 11.9. The highest BCUT2D eigenvalue weighted by Crippen LogP contribution is 2.31. The van der Waals surface area contributed by atoms with Crippen LogP contribution in [-0.2, 0) is 10.0 Å². The average Bonchev–Trinajstić information content (AvgIpc) is 2.67. The molecule has 0 bridgehead atoms. The van der Waals surface area contributed by atoms with E-state index >= 15 is 0 Å². The lowest BCUT2D eigenvalue weighted by molar-refractivity contribution is 0.487. The van der Waals surface area contributed by atoms with Gasteiger partial charge in [0, 0.05) is 17.1 Å². The number of aromatic amines is 1. The topological polar surface area (TPSA) is 88.3 Å². The summed E-state index contributed by atoms with van der Waals surface area (Å²) in [6.45, 7) is 0. The van der Waals surface area contributed by atoms with Crippen molar-refractivity contribution in [2.45, 2.75) is 0 Å². The second-order valence-corrected chi connectivity index (χ2v) is 8.38. The van der Waals surface area contributed by atoms with Gasteiger partial charge in [-0.1, -0.05) is 36.4 Å². The quantitative estimate of drug-likeness (QED) is 0.515. The summed E-state index contributed by atoms with van der Waals surface area (Å²) in [6, 6.07) is 23.3. The first-order valence-corrected chi connectivity index (χ1v) is 10.7. The van der Waals surface area contributed by atoms with Gasteiger partial charge in [-0.05, 0) is 47.5 Å². The van der Waals surface area contributed by atoms with Crippen molar-refractivity contribution < 1.29 is 13.2 Å². The molecule has 0 aliphatic carbocycles. The highest BCUT2D eigenvalue weighted by molar-refractivity contribution is 7.92. The Hall–Kier alpha value is -3.58. The lowest BCUT2D eigenvalue weighted by Gasteiger charge is -2.11. The number of hydrogen-bond donors (Lipinski definition) is 2. The third-order valence-corrected chi connectivity index (χ3v) is 4.88. The number of sulfonamides is 1. The van der Waals surface area contributed by atoms with Crippen LogP contribution in [0, 0.1) is 0 Å². The first-order chi connectivity index (χ1) is 13.9. The zero-order chi connectivity index (χ0) is 20.4. The third-order valence-electron chi connectivity index (χ3n) is 4.27. The van der Waals surface area contributed by atoms with E-state index in [1.807, 2.05) is 48.5 Å². The zero-order valence-corrected chi connectivity index (χ0v) is 16.4. The average molecular weight is 406 g/mol. The minimum Gasteiger partial charge on any atom is -0.456 e. The molecule has 0 spiro atoms. The molecule has 1 heterocycles. The van der Waals surface area contributed by atoms with E-state index in [-0.39, 0.29) is 5.56 Å². The Morgan fingerprint density at radius 1 is 0.862 bits per heavy atom. The number of hydrogen-bond acceptors (Lipinski definition) is 4. The Morgan fingerprint density at radius 3 is 2.38 bits per heavy atom. The molecule has 2 N–H and O–H groups in total. The number of pyridine rings is 1. The first-order valence-electron chi connectivity index (χ1n) is 8.86. The molecule has 0 atom stereocenters. The summed E-state index contributed by atoms with van der Waals surface area (Å²) in [7, 11) is -3.36. The number of H-pyrrole nitrogens is 1. The van der Waals surface area contributed by atoms with E-state index in [1.54, 1.807) is 24.3 Å². The molecule has 0 unspecified atom stereocenters. The van der Waals surface area contributed by atoms with Crippen LogP contribution in [0.3, 0.4) is 0 Å². The smallest absolute Gasteiger partial charge is 0.252 e. The van der Waals surface area contributed by atoms with Crippen LogP contribution >= 0.6 is 0 Å². The second-order valence-electron chi connectivity index (χ2n) is 6.63. The molecule has 146 valence electrons. The number of anilines is 1. The summed E-state index contributed by atoms with van der Waals surface area (Å²) in [5.74, 6) is 1.04. The molecule has 3 aromatic carbocycles. The van der Waals surface area contributed by atoms with E-state index in [0.717, 1.165) is 22.8 Å². The van der Waals surface area contributed by atoms with E-state index < -0.39 is 10.0 Å². The fourth-order valence-corrected chi connectivity index (χ4v) is 3.65. The van der Waals surface area contributed by atoms with Crippen LogP contribution in [0.1, 0.15) is 0 Å². The fourth-order valence-electron chi connectivity index (χ4n) is 3.10. The summed E-state index contributed by atoms with van der Waals surface area (Å²) in [4.78, 5) is 14.7. The zero-order valence-electron chi connectivity index (χ0n) is 15.5. The summed E-state index contributed by atoms with van der Waals surface area (Å²) in [5, 5.41) is 0.803. The van der Waals surface area contributed by atoms with E-state index in [1.165, 1.54) is 6.07 Å². The van der Waals surface area contributed by atoms with Gasteiger partial charge in [0.1, 0.15) is 11.5 Å². The van der Waals surface area contributed by atoms with E-state index in [9.17, 15) is 13.2 Å². The van der Waals surface area contributed by atoms with E-state index in [2.05, 4.69) is 9.71 Å². The van der Waals surface area contributed by atoms with Gasteiger partial charge in [-0.15, -0.1) is 0 Å². The lowest BCUT2D eigenvalue weighted by Crippen LogP contribution is -2.09. The highest BCUT2D eigenvalue weighted by Gasteiger charge is 2.08. The summed E-state index contributed by atoms with van der Waals surface area (Å²) < 4.78 is 31.5. The van der Waals surface area contributed by atoms with Gasteiger partial charge in [0.05, 0.1) is 11.8 Å². The molecular formula is C22H18N2O4S. The van der Waals surface area contributed by atoms with E-state index in [0.29, 0.717) is 22.7 Å². The summed E-state index contributed by atoms with van der Waals surface area (Å²) in [6.07, 6.45) is 1.11. The van der Waals surface area contributed by atoms with Crippen LogP contribution in [0.2, 0.25) is 0 Å². The molecule has 0 amide bonds. The Balaban J connectivity index is 1.69. The van der Waals surface area contributed by atoms with Crippen molar-refractivity contribution in [3.8, 4) is 22.6 Å². The number of rotatable bonds is 5. The molecule has 6 nitrogen and oxygen atoms in total. The van der Waals surface area contributed by atoms with Crippen molar-refractivity contribution in [3.05, 3.63) is 89.2 Å². The summed E-state index contributed by atoms with van der Waals surface area (Å²) in [5.41, 5.74) is 2.63. The van der Waals surface area contributed by atoms with Crippen LogP contribution in [0.25, 0.3) is 22.0 Å². The highest BCUT2D eigenvalue weighted by atomic mass is 32.2. The second kappa shape index (κ2) is 7.44. The molecule has 29 heavy (non-hydrogen) atoms. The fraction of sp³-hybridized carbons (Fsp3) is 0.0455. The number of ether oxygens (including phenoxy) is 1. The lowest BCUT2D eigenvalue weighted by atomic mass is 10.1. The SMILES string of the molecule is CS(=O)(=O)Nc1cccc(-c2cccc(Oc3cc(=O)[nH]c4ccccc34)c2)c1. The number of benzene rings is 3. The molecule has 4 aromatic rings. The number of nitrogens with one attached hydrogen (secondary N) is 2. The molecule has 0 saturated heterocycles. The van der Waals surface area contributed by atoms with Gasteiger partial charge in [0.15, 0.2) is 0 Å². The maximum Gasteiger partial charge on any atom is 0.252 e. The van der Waals surface area contributed by atoms with Crippen molar-refractivity contribution in [1.82, 2.24) is 4.98 Å². The normalized spacial score (nSPS) is 11.3. The Morgan fingerprint density at radius 2 is 1.59 bits per heavy atom. The van der Waals surface area contributed by atoms with Crippen molar-refractivity contribution in [3.63, 3.8) is 0 Å². The molecule has 0 aliphatic heterocycles. The van der Waals surface area contributed by atoms with Crippen LogP contribution in [0.4, 0.5) is 5.69 Å². The first kappa shape index (κ1) is 18.8. The van der Waals surface area contributed by atoms with Crippen LogP contribution in [-0.4, -0.2) is 19.7 Å². The number of para-hydroxylation sites is 1. The van der Waals surface area contributed by atoms with Crippen LogP contribution in [0.5, 0.6) is 11.5 Å². The molecule has 0 fully saturated rings. The molecule has 0 aliphatic rings. The maximum atomic E-state index is 11.9. The van der Waals surface area contributed by atoms with Gasteiger partial charge >= 0.3 is 0 Å². The van der Waals surface area contributed by atoms with Crippen LogP contribution in [0.15, 0.2) is 83.7 Å². The standard InChI is InChI=1S/C22H18N2O4S/c1-29(26,27)24-17-8-4-6-15(12-17)16-7-5-9-18(13-16)28-21-14-22(25)23-20-11-3-2-10-19(20)21/h2-14,24H,1H3,(H,23,25). The minimum absolute atomic E-state index is 0.241. The molecule has 4 rings (SSSR count). The number of aromatic nitrogens is 1. The Bertz CT molecular complexity index is 1360. The van der Waals surface area contributed by atoms with Crippen molar-refractivity contribution in [2.24, 2.45) is 0 Å². The van der Waals surface area contributed by atoms with Crippen LogP contribution < -0.4 is 15.0 Å². The molecule has 7 heteroatoms.